The summed E-state index contributed by atoms with van der Waals surface area (Å²) in [4.78, 5) is 32.8. The molecule has 0 N–H and O–H groups in total. The van der Waals surface area contributed by atoms with E-state index in [2.05, 4.69) is 76.3 Å². The van der Waals surface area contributed by atoms with Crippen LogP contribution >= 0.6 is 45.3 Å². The molecule has 1 aliphatic heterocycles. The minimum atomic E-state index is -0.554. The van der Waals surface area contributed by atoms with Gasteiger partial charge >= 0.3 is 5.97 Å². The zero-order valence-corrected chi connectivity index (χ0v) is 24.0. The van der Waals surface area contributed by atoms with Gasteiger partial charge in [-0.25, -0.2) is 9.79 Å². The normalized spacial score (nSPS) is 15.7. The van der Waals surface area contributed by atoms with Crippen LogP contribution in [0.15, 0.2) is 68.9 Å². The van der Waals surface area contributed by atoms with Gasteiger partial charge in [-0.15, -0.1) is 11.3 Å². The topological polar surface area (TPSA) is 65.6 Å². The number of thiophene rings is 1. The van der Waals surface area contributed by atoms with Gasteiger partial charge in [-0.1, -0.05) is 17.4 Å². The molecule has 1 aromatic carbocycles. The molecular weight excluding hydrogens is 605 g/mol. The molecule has 1 aliphatic rings. The van der Waals surface area contributed by atoms with E-state index < -0.39 is 12.0 Å². The average molecular weight is 630 g/mol. The summed E-state index contributed by atoms with van der Waals surface area (Å²) in [6, 6.07) is 13.8. The van der Waals surface area contributed by atoms with Gasteiger partial charge in [-0.2, -0.15) is 0 Å². The molecule has 0 aliphatic carbocycles. The predicted octanol–water partition coefficient (Wildman–Crippen LogP) is 4.87. The van der Waals surface area contributed by atoms with Crippen LogP contribution in [0.2, 0.25) is 0 Å². The molecule has 0 saturated heterocycles. The summed E-state index contributed by atoms with van der Waals surface area (Å²) in [6.45, 7) is 7.96. The van der Waals surface area contributed by atoms with E-state index in [0.717, 1.165) is 27.5 Å². The van der Waals surface area contributed by atoms with Crippen molar-refractivity contribution in [2.45, 2.75) is 33.7 Å². The van der Waals surface area contributed by atoms with Crippen LogP contribution < -0.4 is 14.9 Å². The molecular formula is C27H24IN3O3S2. The van der Waals surface area contributed by atoms with E-state index in [9.17, 15) is 9.59 Å². The molecule has 0 radical (unpaired) electrons. The van der Waals surface area contributed by atoms with Crippen molar-refractivity contribution >= 4 is 57.3 Å². The molecule has 0 fully saturated rings. The maximum Gasteiger partial charge on any atom is 0.338 e. The molecule has 0 bridgehead atoms. The van der Waals surface area contributed by atoms with E-state index in [0.29, 0.717) is 20.6 Å². The number of hydrogen-bond acceptors (Lipinski definition) is 6. The third kappa shape index (κ3) is 4.33. The van der Waals surface area contributed by atoms with Crippen molar-refractivity contribution in [3.05, 3.63) is 104 Å². The number of halogens is 1. The number of carbonyl (C=O) groups is 1. The van der Waals surface area contributed by atoms with E-state index in [1.807, 2.05) is 23.6 Å². The predicted molar refractivity (Wildman–Crippen MR) is 153 cm³/mol. The zero-order chi connectivity index (χ0) is 25.6. The highest BCUT2D eigenvalue weighted by atomic mass is 127. The first-order valence-corrected chi connectivity index (χ1v) is 14.3. The fourth-order valence-corrected chi connectivity index (χ4v) is 6.79. The quantitative estimate of drug-likeness (QED) is 0.234. The molecule has 0 spiro atoms. The first-order chi connectivity index (χ1) is 17.3. The average Bonchev–Trinajstić information content (AvgIpc) is 3.54. The number of nitrogens with zero attached hydrogens (tertiary/aromatic N) is 3. The van der Waals surface area contributed by atoms with Gasteiger partial charge in [0.1, 0.15) is 6.04 Å². The summed E-state index contributed by atoms with van der Waals surface area (Å²) in [7, 11) is 0. The van der Waals surface area contributed by atoms with Crippen molar-refractivity contribution in [3.8, 4) is 5.69 Å². The fourth-order valence-electron chi connectivity index (χ4n) is 4.57. The van der Waals surface area contributed by atoms with Gasteiger partial charge < -0.3 is 9.30 Å². The van der Waals surface area contributed by atoms with Gasteiger partial charge in [0.05, 0.1) is 22.4 Å². The molecule has 4 aromatic rings. The number of fused-ring (bicyclic) bond motifs is 1. The third-order valence-corrected chi connectivity index (χ3v) is 8.80. The van der Waals surface area contributed by atoms with Crippen molar-refractivity contribution in [1.29, 1.82) is 0 Å². The Kier molecular flexibility index (Phi) is 6.88. The smallest absolute Gasteiger partial charge is 0.338 e. The largest absolute Gasteiger partial charge is 0.463 e. The van der Waals surface area contributed by atoms with E-state index >= 15 is 0 Å². The number of aromatic nitrogens is 2. The molecule has 0 unspecified atom stereocenters. The summed E-state index contributed by atoms with van der Waals surface area (Å²) < 4.78 is 10.9. The maximum atomic E-state index is 13.8. The van der Waals surface area contributed by atoms with Crippen LogP contribution in [0.5, 0.6) is 0 Å². The lowest BCUT2D eigenvalue weighted by molar-refractivity contribution is -0.139. The molecule has 4 heterocycles. The van der Waals surface area contributed by atoms with Crippen molar-refractivity contribution in [2.75, 3.05) is 6.61 Å². The Morgan fingerprint density at radius 2 is 1.94 bits per heavy atom. The van der Waals surface area contributed by atoms with E-state index in [1.165, 1.54) is 26.2 Å². The SMILES string of the molecule is CCOC(=O)C1=C(C)N=c2s/c(=C\c3cc(C)n(-c4ccc(I)cc4)c3C)c(=O)n2[C@H]1c1cccs1. The number of ether oxygens (including phenoxy) is 1. The first-order valence-electron chi connectivity index (χ1n) is 11.5. The van der Waals surface area contributed by atoms with Crippen LogP contribution in [0, 0.1) is 17.4 Å². The Hall–Kier alpha value is -2.76. The number of benzene rings is 1. The van der Waals surface area contributed by atoms with Crippen LogP contribution in [-0.4, -0.2) is 21.7 Å². The van der Waals surface area contributed by atoms with Gasteiger partial charge in [0.25, 0.3) is 5.56 Å². The summed E-state index contributed by atoms with van der Waals surface area (Å²) >= 11 is 5.16. The summed E-state index contributed by atoms with van der Waals surface area (Å²) in [6.07, 6.45) is 1.93. The number of thiazole rings is 1. The lowest BCUT2D eigenvalue weighted by Gasteiger charge is -2.23. The highest BCUT2D eigenvalue weighted by Gasteiger charge is 2.33. The Balaban J connectivity index is 1.67. The highest BCUT2D eigenvalue weighted by Crippen LogP contribution is 2.33. The summed E-state index contributed by atoms with van der Waals surface area (Å²) in [5.74, 6) is -0.438. The number of hydrogen-bond donors (Lipinski definition) is 0. The second kappa shape index (κ2) is 9.95. The van der Waals surface area contributed by atoms with Gasteiger partial charge in [0.2, 0.25) is 0 Å². The molecule has 0 saturated carbocycles. The van der Waals surface area contributed by atoms with Gasteiger partial charge in [0.15, 0.2) is 4.80 Å². The highest BCUT2D eigenvalue weighted by molar-refractivity contribution is 14.1. The second-order valence-electron chi connectivity index (χ2n) is 8.46. The Labute approximate surface area is 230 Å². The summed E-state index contributed by atoms with van der Waals surface area (Å²) in [5.41, 5.74) is 5.03. The lowest BCUT2D eigenvalue weighted by atomic mass is 10.0. The van der Waals surface area contributed by atoms with E-state index in [-0.39, 0.29) is 12.2 Å². The number of esters is 1. The molecule has 5 rings (SSSR count). The molecule has 1 atom stereocenters. The number of rotatable bonds is 5. The van der Waals surface area contributed by atoms with Gasteiger partial charge in [0, 0.05) is 25.5 Å². The van der Waals surface area contributed by atoms with Crippen molar-refractivity contribution in [1.82, 2.24) is 9.13 Å². The van der Waals surface area contributed by atoms with Crippen LogP contribution in [0.3, 0.4) is 0 Å². The molecule has 184 valence electrons. The number of allylic oxidation sites excluding steroid dienone is 1. The zero-order valence-electron chi connectivity index (χ0n) is 20.2. The number of carbonyl (C=O) groups excluding carboxylic acids is 1. The second-order valence-corrected chi connectivity index (χ2v) is 11.7. The molecule has 3 aromatic heterocycles. The molecule has 0 amide bonds. The lowest BCUT2D eigenvalue weighted by Crippen LogP contribution is -2.39. The Bertz CT molecular complexity index is 1670. The first kappa shape index (κ1) is 24.9. The molecule has 6 nitrogen and oxygen atoms in total. The van der Waals surface area contributed by atoms with Crippen molar-refractivity contribution in [2.24, 2.45) is 4.99 Å². The minimum absolute atomic E-state index is 0.162. The minimum Gasteiger partial charge on any atom is -0.463 e. The molecule has 36 heavy (non-hydrogen) atoms. The van der Waals surface area contributed by atoms with Crippen LogP contribution in [0.25, 0.3) is 11.8 Å². The van der Waals surface area contributed by atoms with Crippen molar-refractivity contribution in [3.63, 3.8) is 0 Å². The maximum absolute atomic E-state index is 13.8. The molecule has 9 heteroatoms. The monoisotopic (exact) mass is 629 g/mol. The van der Waals surface area contributed by atoms with Crippen LogP contribution in [-0.2, 0) is 9.53 Å². The third-order valence-electron chi connectivity index (χ3n) is 6.17. The van der Waals surface area contributed by atoms with E-state index in [4.69, 9.17) is 4.74 Å². The Morgan fingerprint density at radius 1 is 1.19 bits per heavy atom. The van der Waals surface area contributed by atoms with E-state index in [1.54, 1.807) is 18.4 Å². The fraction of sp³-hybridized carbons (Fsp3) is 0.222. The Morgan fingerprint density at radius 3 is 2.61 bits per heavy atom. The van der Waals surface area contributed by atoms with Crippen LogP contribution in [0.4, 0.5) is 0 Å². The standard InChI is InChI=1S/C27H24IN3O3S2/c1-5-34-26(33)23-16(3)29-27-31(24(23)21-7-6-12-35-21)25(32)22(36-27)14-18-13-15(2)30(17(18)4)20-10-8-19(28)9-11-20/h6-14,24H,5H2,1-4H3/b22-14-/t24-/m0/s1. The number of aryl methyl sites for hydroxylation is 1. The van der Waals surface area contributed by atoms with Crippen LogP contribution in [0.1, 0.15) is 41.7 Å². The summed E-state index contributed by atoms with van der Waals surface area (Å²) in [5, 5.41) is 1.95. The van der Waals surface area contributed by atoms with Gasteiger partial charge in [-0.3, -0.25) is 9.36 Å². The van der Waals surface area contributed by atoms with Crippen molar-refractivity contribution < 1.29 is 9.53 Å². The van der Waals surface area contributed by atoms with Gasteiger partial charge in [-0.05, 0) is 104 Å².